The number of thioether (sulfide) groups is 2. The van der Waals surface area contributed by atoms with Crippen molar-refractivity contribution in [1.29, 1.82) is 0 Å². The maximum Gasteiger partial charge on any atom is 0.326 e. The van der Waals surface area contributed by atoms with E-state index in [1.54, 1.807) is 12.5 Å². The summed E-state index contributed by atoms with van der Waals surface area (Å²) < 4.78 is 0. The summed E-state index contributed by atoms with van der Waals surface area (Å²) in [5.74, 6) is -6.77. The van der Waals surface area contributed by atoms with Crippen LogP contribution in [0.5, 0.6) is 0 Å². The van der Waals surface area contributed by atoms with E-state index in [4.69, 9.17) is 0 Å². The van der Waals surface area contributed by atoms with Gasteiger partial charge < -0.3 is 36.2 Å². The van der Waals surface area contributed by atoms with Gasteiger partial charge in [-0.25, -0.2) is 9.59 Å². The monoisotopic (exact) mass is 754 g/mol. The molecule has 2 amide bonds. The molecule has 7 N–H and O–H groups in total. The quantitative estimate of drug-likeness (QED) is 0.0494. The van der Waals surface area contributed by atoms with Gasteiger partial charge >= 0.3 is 29.8 Å². The maximum absolute atomic E-state index is 12.5. The van der Waals surface area contributed by atoms with Crippen molar-refractivity contribution in [3.8, 4) is 0 Å². The number of carbonyl (C=O) groups is 7. The summed E-state index contributed by atoms with van der Waals surface area (Å²) in [5, 5.41) is 51.2. The molecule has 253 valence electrons. The minimum atomic E-state index is -1.27. The number of nitrogens with one attached hydrogen (secondary N) is 2. The van der Waals surface area contributed by atoms with Crippen molar-refractivity contribution in [3.05, 3.63) is 0 Å². The molecule has 0 aromatic heterocycles. The predicted octanol–water partition coefficient (Wildman–Crippen LogP) is -2.21. The molecule has 0 spiro atoms. The van der Waals surface area contributed by atoms with Crippen molar-refractivity contribution in [1.82, 2.24) is 25.3 Å². The molecule has 0 saturated heterocycles. The molecule has 0 bridgehead atoms. The standard InChI is InChI=1S/C24H41N5O12S2.Tc/c1-42-9-3-16(23(38)39)25-18(30)11-28(14-21(34)35)7-5-27(13-20(32)33)6-8-29(15-22(36)37)12-19(31)26-17(24(40)41)4-10-43-2;/h16-17H,3-15H2,1-2H3,(H,25,30)(H,26,31)(H,32,33)(H,34,35)(H,36,37)(H,38,39)(H,40,41);/i;1+1. The molecular formula is C24H41N5O12S2Tc. The summed E-state index contributed by atoms with van der Waals surface area (Å²) in [7, 11) is 0. The average Bonchev–Trinajstić information content (AvgIpc) is 2.88. The van der Waals surface area contributed by atoms with Gasteiger partial charge in [-0.05, 0) is 36.9 Å². The van der Waals surface area contributed by atoms with Crippen molar-refractivity contribution in [2.24, 2.45) is 0 Å². The molecule has 0 fully saturated rings. The van der Waals surface area contributed by atoms with Crippen molar-refractivity contribution < 1.29 is 79.2 Å². The summed E-state index contributed by atoms with van der Waals surface area (Å²) >= 11 is 2.79. The second kappa shape index (κ2) is 24.8. The first kappa shape index (κ1) is 43.6. The van der Waals surface area contributed by atoms with Crippen molar-refractivity contribution in [2.75, 3.05) is 82.9 Å². The molecular weight excluding hydrogens is 713 g/mol. The van der Waals surface area contributed by atoms with E-state index in [0.717, 1.165) is 0 Å². The van der Waals surface area contributed by atoms with Crippen LogP contribution >= 0.6 is 23.5 Å². The number of hydrogen-bond donors (Lipinski definition) is 7. The molecule has 0 aliphatic carbocycles. The van der Waals surface area contributed by atoms with E-state index in [1.807, 2.05) is 0 Å². The zero-order valence-corrected chi connectivity index (χ0v) is 28.0. The van der Waals surface area contributed by atoms with Crippen LogP contribution in [-0.2, 0) is 53.7 Å². The Kier molecular flexibility index (Phi) is 24.6. The first-order valence-corrected chi connectivity index (χ1v) is 15.8. The number of aliphatic carboxylic acids is 5. The van der Waals surface area contributed by atoms with Crippen molar-refractivity contribution >= 4 is 65.2 Å². The molecule has 2 unspecified atom stereocenters. The number of rotatable bonds is 26. The Hall–Kier alpha value is -2.48. The number of carbonyl (C=O) groups excluding carboxylic acids is 2. The zero-order chi connectivity index (χ0) is 32.9. The van der Waals surface area contributed by atoms with Gasteiger partial charge in [0.2, 0.25) is 11.8 Å². The van der Waals surface area contributed by atoms with Crippen LogP contribution in [0, 0.1) is 0 Å². The van der Waals surface area contributed by atoms with Crippen molar-refractivity contribution in [3.63, 3.8) is 0 Å². The third-order valence-electron chi connectivity index (χ3n) is 5.76. The molecule has 0 aromatic rings. The number of amides is 2. The number of hydrogen-bond acceptors (Lipinski definition) is 12. The molecule has 0 heterocycles. The molecule has 1 radical (unpaired) electrons. The van der Waals surface area contributed by atoms with Gasteiger partial charge in [0.15, 0.2) is 0 Å². The van der Waals surface area contributed by atoms with Crippen LogP contribution in [0.25, 0.3) is 0 Å². The van der Waals surface area contributed by atoms with Gasteiger partial charge in [0.05, 0.1) is 32.7 Å². The molecule has 20 heteroatoms. The fourth-order valence-corrected chi connectivity index (χ4v) is 4.65. The summed E-state index contributed by atoms with van der Waals surface area (Å²) in [6.07, 6.45) is 3.87. The Bertz CT molecular complexity index is 899. The Morgan fingerprint density at radius 3 is 1.11 bits per heavy atom. The van der Waals surface area contributed by atoms with Gasteiger partial charge in [-0.3, -0.25) is 38.7 Å². The summed E-state index contributed by atoms with van der Waals surface area (Å²) in [6.45, 7) is -2.99. The molecule has 44 heavy (non-hydrogen) atoms. The minimum absolute atomic E-state index is 0. The van der Waals surface area contributed by atoms with Crippen LogP contribution in [0.2, 0.25) is 0 Å². The van der Waals surface area contributed by atoms with Gasteiger partial charge in [0, 0.05) is 46.3 Å². The third-order valence-corrected chi connectivity index (χ3v) is 7.05. The van der Waals surface area contributed by atoms with Gasteiger partial charge in [-0.1, -0.05) is 0 Å². The van der Waals surface area contributed by atoms with Crippen LogP contribution in [0.3, 0.4) is 0 Å². The number of nitrogens with zero attached hydrogens (tertiary/aromatic N) is 3. The van der Waals surface area contributed by atoms with Gasteiger partial charge in [0.25, 0.3) is 0 Å². The maximum atomic E-state index is 12.5. The summed E-state index contributed by atoms with van der Waals surface area (Å²) in [4.78, 5) is 85.7. The Morgan fingerprint density at radius 2 is 0.841 bits per heavy atom. The first-order chi connectivity index (χ1) is 20.2. The minimum Gasteiger partial charge on any atom is -0.480 e. The predicted molar refractivity (Wildman–Crippen MR) is 157 cm³/mol. The summed E-state index contributed by atoms with van der Waals surface area (Å²) in [5.41, 5.74) is 0. The van der Waals surface area contributed by atoms with Gasteiger partial charge in [0.1, 0.15) is 12.1 Å². The van der Waals surface area contributed by atoms with Crippen molar-refractivity contribution in [2.45, 2.75) is 24.9 Å². The Balaban J connectivity index is 0. The van der Waals surface area contributed by atoms with Gasteiger partial charge in [-0.2, -0.15) is 23.5 Å². The molecule has 17 nitrogen and oxygen atoms in total. The smallest absolute Gasteiger partial charge is 0.326 e. The van der Waals surface area contributed by atoms with Crippen LogP contribution in [0.15, 0.2) is 0 Å². The Labute approximate surface area is 276 Å². The molecule has 0 rings (SSSR count). The Morgan fingerprint density at radius 1 is 0.545 bits per heavy atom. The number of carboxylic acid groups (broad SMARTS) is 5. The molecule has 0 aliphatic rings. The zero-order valence-electron chi connectivity index (χ0n) is 24.5. The van der Waals surface area contributed by atoms with E-state index in [2.05, 4.69) is 10.6 Å². The van der Waals surface area contributed by atoms with E-state index >= 15 is 0 Å². The van der Waals surface area contributed by atoms with Crippen LogP contribution < -0.4 is 10.6 Å². The second-order valence-electron chi connectivity index (χ2n) is 9.36. The SMILES string of the molecule is CSCCC(NC(=O)CN(CCN(CCN(CC(=O)O)CC(=O)NC(CCSC)C(=O)O)CC(=O)O)CC(=O)O)C(=O)O.[99Tc]. The van der Waals surface area contributed by atoms with E-state index in [0.29, 0.717) is 11.5 Å². The molecule has 0 saturated carbocycles. The van der Waals surface area contributed by atoms with Gasteiger partial charge in [-0.15, -0.1) is 0 Å². The van der Waals surface area contributed by atoms with E-state index < -0.39 is 86.5 Å². The van der Waals surface area contributed by atoms with E-state index in [1.165, 1.54) is 38.2 Å². The first-order valence-electron chi connectivity index (χ1n) is 13.0. The van der Waals surface area contributed by atoms with E-state index in [9.17, 15) is 59.1 Å². The third kappa shape index (κ3) is 22.1. The largest absolute Gasteiger partial charge is 0.480 e. The van der Waals surface area contributed by atoms with E-state index in [-0.39, 0.29) is 59.1 Å². The normalized spacial score (nSPS) is 12.3. The second-order valence-corrected chi connectivity index (χ2v) is 11.3. The number of carboxylic acids is 5. The topological polar surface area (TPSA) is 254 Å². The van der Waals surface area contributed by atoms with Crippen LogP contribution in [-0.4, -0.2) is 177 Å². The average molecular weight is 755 g/mol. The van der Waals surface area contributed by atoms with Crippen LogP contribution in [0.4, 0.5) is 0 Å². The summed E-state index contributed by atoms with van der Waals surface area (Å²) in [6, 6.07) is -2.33. The molecule has 0 aliphatic heterocycles. The fraction of sp³-hybridized carbons (Fsp3) is 0.708. The fourth-order valence-electron chi connectivity index (χ4n) is 3.71. The van der Waals surface area contributed by atoms with Crippen LogP contribution in [0.1, 0.15) is 12.8 Å². The molecule has 2 atom stereocenters. The molecule has 0 aromatic carbocycles.